The highest BCUT2D eigenvalue weighted by molar-refractivity contribution is 5.79. The molecule has 4 rings (SSSR count). The maximum absolute atomic E-state index is 13.2. The van der Waals surface area contributed by atoms with Crippen LogP contribution >= 0.6 is 0 Å². The van der Waals surface area contributed by atoms with Gasteiger partial charge in [-0.3, -0.25) is 9.69 Å². The monoisotopic (exact) mass is 410 g/mol. The first-order valence-electron chi connectivity index (χ1n) is 10.9. The molecule has 30 heavy (non-hydrogen) atoms. The number of nitrogens with one attached hydrogen (secondary N) is 1. The summed E-state index contributed by atoms with van der Waals surface area (Å²) in [7, 11) is 0. The number of carbonyl (C=O) groups excluding carboxylic acids is 1. The molecule has 0 unspecified atom stereocenters. The molecule has 0 aliphatic carbocycles. The van der Waals surface area contributed by atoms with Crippen molar-refractivity contribution in [3.05, 3.63) is 65.0 Å². The summed E-state index contributed by atoms with van der Waals surface area (Å²) >= 11 is 0. The first-order valence-corrected chi connectivity index (χ1v) is 10.9. The van der Waals surface area contributed by atoms with Crippen LogP contribution in [0.3, 0.4) is 0 Å². The number of hydrogen-bond donors (Lipinski definition) is 1. The zero-order valence-electron chi connectivity index (χ0n) is 18.1. The summed E-state index contributed by atoms with van der Waals surface area (Å²) in [6.07, 6.45) is 2.65. The van der Waals surface area contributed by atoms with E-state index < -0.39 is 0 Å². The van der Waals surface area contributed by atoms with Gasteiger partial charge >= 0.3 is 0 Å². The van der Waals surface area contributed by atoms with Gasteiger partial charge in [-0.05, 0) is 69.5 Å². The number of piperidine rings is 1. The Morgan fingerprint density at radius 3 is 2.77 bits per heavy atom. The molecule has 5 heteroatoms. The summed E-state index contributed by atoms with van der Waals surface area (Å²) in [6, 6.07) is 12.8. The van der Waals surface area contributed by atoms with E-state index in [-0.39, 0.29) is 29.3 Å². The fourth-order valence-electron chi connectivity index (χ4n) is 4.64. The van der Waals surface area contributed by atoms with Gasteiger partial charge in [0, 0.05) is 25.1 Å². The molecule has 0 radical (unpaired) electrons. The minimum atomic E-state index is -0.320. The van der Waals surface area contributed by atoms with E-state index in [0.717, 1.165) is 61.3 Å². The second-order valence-electron chi connectivity index (χ2n) is 9.37. The standard InChI is InChI=1S/C25H31FN2O2/c1-17-6-11-21-22(14-25(2,3)30-23(21)13-17)27-24(29)19-5-4-12-28(16-19)15-18-7-9-20(26)10-8-18/h6-11,13,19,22H,4-5,12,14-16H2,1-3H3,(H,27,29)/t19-,22+/m0/s1. The minimum absolute atomic E-state index is 0.0287. The number of rotatable bonds is 4. The van der Waals surface area contributed by atoms with Crippen LogP contribution in [-0.2, 0) is 11.3 Å². The van der Waals surface area contributed by atoms with Gasteiger partial charge in [0.2, 0.25) is 5.91 Å². The summed E-state index contributed by atoms with van der Waals surface area (Å²) < 4.78 is 19.3. The van der Waals surface area contributed by atoms with Crippen LogP contribution in [0.25, 0.3) is 0 Å². The van der Waals surface area contributed by atoms with Gasteiger partial charge in [0.1, 0.15) is 17.2 Å². The maximum Gasteiger partial charge on any atom is 0.224 e. The number of carbonyl (C=O) groups is 1. The molecule has 0 bridgehead atoms. The molecule has 4 nitrogen and oxygen atoms in total. The van der Waals surface area contributed by atoms with E-state index in [1.165, 1.54) is 12.1 Å². The number of fused-ring (bicyclic) bond motifs is 1. The summed E-state index contributed by atoms with van der Waals surface area (Å²) in [5, 5.41) is 3.32. The van der Waals surface area contributed by atoms with Crippen molar-refractivity contribution >= 4 is 5.91 Å². The smallest absolute Gasteiger partial charge is 0.224 e. The molecule has 1 N–H and O–H groups in total. The second kappa shape index (κ2) is 8.38. The van der Waals surface area contributed by atoms with Gasteiger partial charge in [0.15, 0.2) is 0 Å². The molecule has 2 aromatic rings. The van der Waals surface area contributed by atoms with Gasteiger partial charge in [0.25, 0.3) is 0 Å². The van der Waals surface area contributed by atoms with E-state index in [2.05, 4.69) is 49.2 Å². The molecule has 0 saturated carbocycles. The minimum Gasteiger partial charge on any atom is -0.487 e. The van der Waals surface area contributed by atoms with Crippen molar-refractivity contribution in [3.8, 4) is 5.75 Å². The molecule has 2 aromatic carbocycles. The average Bonchev–Trinajstić information content (AvgIpc) is 2.69. The van der Waals surface area contributed by atoms with Crippen molar-refractivity contribution < 1.29 is 13.9 Å². The predicted molar refractivity (Wildman–Crippen MR) is 116 cm³/mol. The molecule has 0 aromatic heterocycles. The molecule has 2 aliphatic heterocycles. The topological polar surface area (TPSA) is 41.6 Å². The summed E-state index contributed by atoms with van der Waals surface area (Å²) in [5.41, 5.74) is 2.97. The molecular weight excluding hydrogens is 379 g/mol. The number of hydrogen-bond acceptors (Lipinski definition) is 3. The molecule has 2 atom stereocenters. The van der Waals surface area contributed by atoms with Crippen LogP contribution < -0.4 is 10.1 Å². The predicted octanol–water partition coefficient (Wildman–Crippen LogP) is 4.76. The Morgan fingerprint density at radius 2 is 2.00 bits per heavy atom. The SMILES string of the molecule is Cc1ccc2c(c1)OC(C)(C)C[C@H]2NC(=O)[C@H]1CCCN(Cc2ccc(F)cc2)C1. The highest BCUT2D eigenvalue weighted by Crippen LogP contribution is 2.40. The van der Waals surface area contributed by atoms with E-state index in [1.54, 1.807) is 0 Å². The van der Waals surface area contributed by atoms with E-state index in [4.69, 9.17) is 4.74 Å². The van der Waals surface area contributed by atoms with Crippen molar-refractivity contribution in [1.82, 2.24) is 10.2 Å². The van der Waals surface area contributed by atoms with Gasteiger partial charge < -0.3 is 10.1 Å². The van der Waals surface area contributed by atoms with Crippen LogP contribution in [-0.4, -0.2) is 29.5 Å². The largest absolute Gasteiger partial charge is 0.487 e. The van der Waals surface area contributed by atoms with Crippen LogP contribution in [0.1, 0.15) is 55.8 Å². The molecule has 1 amide bonds. The molecule has 1 saturated heterocycles. The van der Waals surface area contributed by atoms with Crippen LogP contribution in [0.15, 0.2) is 42.5 Å². The number of benzene rings is 2. The maximum atomic E-state index is 13.2. The number of halogens is 1. The normalized spacial score (nSPS) is 23.3. The number of amides is 1. The molecule has 0 spiro atoms. The van der Waals surface area contributed by atoms with E-state index >= 15 is 0 Å². The van der Waals surface area contributed by atoms with Crippen LogP contribution in [0.4, 0.5) is 4.39 Å². The van der Waals surface area contributed by atoms with E-state index in [0.29, 0.717) is 0 Å². The quantitative estimate of drug-likeness (QED) is 0.790. The molecule has 2 heterocycles. The lowest BCUT2D eigenvalue weighted by Crippen LogP contribution is -2.46. The Morgan fingerprint density at radius 1 is 1.23 bits per heavy atom. The Hall–Kier alpha value is -2.40. The fourth-order valence-corrected chi connectivity index (χ4v) is 4.64. The summed E-state index contributed by atoms with van der Waals surface area (Å²) in [4.78, 5) is 15.5. The zero-order chi connectivity index (χ0) is 21.3. The number of aryl methyl sites for hydroxylation is 1. The third-order valence-electron chi connectivity index (χ3n) is 6.14. The van der Waals surface area contributed by atoms with Crippen LogP contribution in [0, 0.1) is 18.7 Å². The lowest BCUT2D eigenvalue weighted by atomic mass is 9.88. The second-order valence-corrected chi connectivity index (χ2v) is 9.37. The van der Waals surface area contributed by atoms with Gasteiger partial charge in [0.05, 0.1) is 12.0 Å². The van der Waals surface area contributed by atoms with Crippen molar-refractivity contribution in [3.63, 3.8) is 0 Å². The zero-order valence-corrected chi connectivity index (χ0v) is 18.1. The van der Waals surface area contributed by atoms with Crippen molar-refractivity contribution in [2.45, 2.75) is 58.2 Å². The Bertz CT molecular complexity index is 910. The highest BCUT2D eigenvalue weighted by atomic mass is 19.1. The van der Waals surface area contributed by atoms with Crippen molar-refractivity contribution in [2.24, 2.45) is 5.92 Å². The van der Waals surface area contributed by atoms with Gasteiger partial charge in [-0.15, -0.1) is 0 Å². The molecular formula is C25H31FN2O2. The Labute approximate surface area is 178 Å². The third-order valence-corrected chi connectivity index (χ3v) is 6.14. The number of nitrogens with zero attached hydrogens (tertiary/aromatic N) is 1. The number of likely N-dealkylation sites (tertiary alicyclic amines) is 1. The first kappa shape index (κ1) is 20.9. The first-order chi connectivity index (χ1) is 14.3. The van der Waals surface area contributed by atoms with Gasteiger partial charge in [-0.2, -0.15) is 0 Å². The lowest BCUT2D eigenvalue weighted by molar-refractivity contribution is -0.128. The lowest BCUT2D eigenvalue weighted by Gasteiger charge is -2.39. The fraction of sp³-hybridized carbons (Fsp3) is 0.480. The van der Waals surface area contributed by atoms with Gasteiger partial charge in [-0.1, -0.05) is 24.3 Å². The van der Waals surface area contributed by atoms with Crippen molar-refractivity contribution in [2.75, 3.05) is 13.1 Å². The Balaban J connectivity index is 1.42. The molecule has 2 aliphatic rings. The van der Waals surface area contributed by atoms with Gasteiger partial charge in [-0.25, -0.2) is 4.39 Å². The van der Waals surface area contributed by atoms with E-state index in [1.807, 2.05) is 12.1 Å². The summed E-state index contributed by atoms with van der Waals surface area (Å²) in [5.74, 6) is 0.745. The van der Waals surface area contributed by atoms with Crippen molar-refractivity contribution in [1.29, 1.82) is 0 Å². The number of ether oxygens (including phenoxy) is 1. The summed E-state index contributed by atoms with van der Waals surface area (Å²) in [6.45, 7) is 8.64. The van der Waals surface area contributed by atoms with Crippen LogP contribution in [0.5, 0.6) is 5.75 Å². The third kappa shape index (κ3) is 4.84. The highest BCUT2D eigenvalue weighted by Gasteiger charge is 2.36. The van der Waals surface area contributed by atoms with E-state index in [9.17, 15) is 9.18 Å². The molecule has 160 valence electrons. The van der Waals surface area contributed by atoms with Crippen LogP contribution in [0.2, 0.25) is 0 Å². The Kier molecular flexibility index (Phi) is 5.83. The average molecular weight is 411 g/mol. The molecule has 1 fully saturated rings.